The van der Waals surface area contributed by atoms with Crippen LogP contribution in [0.25, 0.3) is 0 Å². The summed E-state index contributed by atoms with van der Waals surface area (Å²) < 4.78 is 1.49. The van der Waals surface area contributed by atoms with Crippen molar-refractivity contribution >= 4 is 5.82 Å². The SMILES string of the molecule is CCn1nc2c(cc1=O)CN(c1ccc(C#N)cn1)CC2. The summed E-state index contributed by atoms with van der Waals surface area (Å²) in [5.74, 6) is 0.819. The van der Waals surface area contributed by atoms with Gasteiger partial charge >= 0.3 is 0 Å². The van der Waals surface area contributed by atoms with Gasteiger partial charge in [-0.2, -0.15) is 10.4 Å². The van der Waals surface area contributed by atoms with E-state index in [1.54, 1.807) is 18.3 Å². The van der Waals surface area contributed by atoms with E-state index in [2.05, 4.69) is 21.1 Å². The molecule has 0 saturated heterocycles. The van der Waals surface area contributed by atoms with Gasteiger partial charge in [-0.05, 0) is 19.1 Å². The van der Waals surface area contributed by atoms with E-state index in [-0.39, 0.29) is 5.56 Å². The number of aryl methyl sites for hydroxylation is 1. The maximum absolute atomic E-state index is 11.9. The van der Waals surface area contributed by atoms with Gasteiger partial charge in [0.1, 0.15) is 11.9 Å². The van der Waals surface area contributed by atoms with Crippen LogP contribution in [-0.4, -0.2) is 21.3 Å². The second-order valence-corrected chi connectivity index (χ2v) is 4.96. The van der Waals surface area contributed by atoms with E-state index in [0.29, 0.717) is 18.7 Å². The Balaban J connectivity index is 1.88. The molecule has 2 aromatic heterocycles. The summed E-state index contributed by atoms with van der Waals surface area (Å²) in [5, 5.41) is 13.2. The van der Waals surface area contributed by atoms with Gasteiger partial charge in [0.15, 0.2) is 0 Å². The summed E-state index contributed by atoms with van der Waals surface area (Å²) in [6, 6.07) is 7.32. The van der Waals surface area contributed by atoms with E-state index in [0.717, 1.165) is 30.0 Å². The molecule has 3 rings (SSSR count). The third-order valence-electron chi connectivity index (χ3n) is 3.64. The zero-order valence-corrected chi connectivity index (χ0v) is 11.8. The smallest absolute Gasteiger partial charge is 0.267 e. The topological polar surface area (TPSA) is 74.8 Å². The van der Waals surface area contributed by atoms with Crippen molar-refractivity contribution in [1.82, 2.24) is 14.8 Å². The third-order valence-corrected chi connectivity index (χ3v) is 3.64. The fourth-order valence-electron chi connectivity index (χ4n) is 2.50. The first kappa shape index (κ1) is 13.3. The highest BCUT2D eigenvalue weighted by Crippen LogP contribution is 2.20. The van der Waals surface area contributed by atoms with Crippen LogP contribution in [0.1, 0.15) is 23.7 Å². The number of fused-ring (bicyclic) bond motifs is 1. The van der Waals surface area contributed by atoms with Gasteiger partial charge < -0.3 is 4.90 Å². The van der Waals surface area contributed by atoms with Crippen LogP contribution in [0.2, 0.25) is 0 Å². The molecule has 6 heteroatoms. The van der Waals surface area contributed by atoms with Gasteiger partial charge in [0.05, 0.1) is 11.3 Å². The lowest BCUT2D eigenvalue weighted by Gasteiger charge is -2.29. The molecule has 1 aliphatic rings. The van der Waals surface area contributed by atoms with E-state index in [4.69, 9.17) is 5.26 Å². The molecule has 0 aliphatic carbocycles. The fraction of sp³-hybridized carbons (Fsp3) is 0.333. The predicted molar refractivity (Wildman–Crippen MR) is 77.9 cm³/mol. The second kappa shape index (κ2) is 5.37. The molecule has 0 fully saturated rings. The van der Waals surface area contributed by atoms with Gasteiger partial charge in [-0.25, -0.2) is 9.67 Å². The summed E-state index contributed by atoms with van der Waals surface area (Å²) in [5.41, 5.74) is 2.43. The van der Waals surface area contributed by atoms with Gasteiger partial charge in [0, 0.05) is 43.9 Å². The number of pyridine rings is 1. The Kier molecular flexibility index (Phi) is 3.40. The van der Waals surface area contributed by atoms with Crippen molar-refractivity contribution in [3.8, 4) is 6.07 Å². The predicted octanol–water partition coefficient (Wildman–Crippen LogP) is 1.09. The molecule has 3 heterocycles. The lowest BCUT2D eigenvalue weighted by atomic mass is 10.1. The summed E-state index contributed by atoms with van der Waals surface area (Å²) in [6.07, 6.45) is 2.36. The zero-order valence-electron chi connectivity index (χ0n) is 11.8. The molecule has 0 amide bonds. The number of hydrogen-bond donors (Lipinski definition) is 0. The minimum atomic E-state index is -0.0640. The van der Waals surface area contributed by atoms with Crippen molar-refractivity contribution in [2.45, 2.75) is 26.4 Å². The molecule has 0 radical (unpaired) electrons. The minimum absolute atomic E-state index is 0.0640. The van der Waals surface area contributed by atoms with Crippen LogP contribution in [0.15, 0.2) is 29.2 Å². The van der Waals surface area contributed by atoms with E-state index < -0.39 is 0 Å². The first-order valence-corrected chi connectivity index (χ1v) is 6.92. The molecule has 106 valence electrons. The van der Waals surface area contributed by atoms with Crippen molar-refractivity contribution in [1.29, 1.82) is 5.26 Å². The van der Waals surface area contributed by atoms with Gasteiger partial charge in [0.2, 0.25) is 0 Å². The Morgan fingerprint density at radius 1 is 1.43 bits per heavy atom. The fourth-order valence-corrected chi connectivity index (χ4v) is 2.50. The van der Waals surface area contributed by atoms with Crippen molar-refractivity contribution in [3.63, 3.8) is 0 Å². The summed E-state index contributed by atoms with van der Waals surface area (Å²) in [7, 11) is 0. The standard InChI is InChI=1S/C15H15N5O/c1-2-20-15(21)7-12-10-19(6-5-13(12)18-20)14-4-3-11(8-16)9-17-14/h3-4,7,9H,2,5-6,10H2,1H3. The van der Waals surface area contributed by atoms with Gasteiger partial charge in [0.25, 0.3) is 5.56 Å². The normalized spacial score (nSPS) is 13.6. The van der Waals surface area contributed by atoms with Gasteiger partial charge in [-0.1, -0.05) is 0 Å². The molecular formula is C15H15N5O. The maximum Gasteiger partial charge on any atom is 0.267 e. The average Bonchev–Trinajstić information content (AvgIpc) is 2.53. The number of hydrogen-bond acceptors (Lipinski definition) is 5. The van der Waals surface area contributed by atoms with Gasteiger partial charge in [-0.15, -0.1) is 0 Å². The highest BCUT2D eigenvalue weighted by Gasteiger charge is 2.19. The monoisotopic (exact) mass is 281 g/mol. The second-order valence-electron chi connectivity index (χ2n) is 4.96. The lowest BCUT2D eigenvalue weighted by Crippen LogP contribution is -2.35. The molecule has 0 unspecified atom stereocenters. The van der Waals surface area contributed by atoms with Crippen molar-refractivity contribution in [2.75, 3.05) is 11.4 Å². The zero-order chi connectivity index (χ0) is 14.8. The molecule has 0 atom stereocenters. The Labute approximate surface area is 122 Å². The van der Waals surface area contributed by atoms with Crippen LogP contribution in [0.3, 0.4) is 0 Å². The third kappa shape index (κ3) is 2.50. The van der Waals surface area contributed by atoms with E-state index >= 15 is 0 Å². The van der Waals surface area contributed by atoms with Crippen LogP contribution in [-0.2, 0) is 19.5 Å². The average molecular weight is 281 g/mol. The maximum atomic E-state index is 11.9. The quantitative estimate of drug-likeness (QED) is 0.823. The number of anilines is 1. The van der Waals surface area contributed by atoms with E-state index in [1.807, 2.05) is 13.0 Å². The number of nitrogens with zero attached hydrogens (tertiary/aromatic N) is 5. The van der Waals surface area contributed by atoms with Crippen LogP contribution < -0.4 is 10.5 Å². The Hall–Kier alpha value is -2.68. The van der Waals surface area contributed by atoms with Crippen LogP contribution in [0, 0.1) is 11.3 Å². The van der Waals surface area contributed by atoms with E-state index in [1.165, 1.54) is 4.68 Å². The molecular weight excluding hydrogens is 266 g/mol. The first-order valence-electron chi connectivity index (χ1n) is 6.92. The molecule has 2 aromatic rings. The Morgan fingerprint density at radius 3 is 2.95 bits per heavy atom. The molecule has 0 spiro atoms. The molecule has 0 saturated carbocycles. The van der Waals surface area contributed by atoms with Gasteiger partial charge in [-0.3, -0.25) is 4.79 Å². The molecule has 1 aliphatic heterocycles. The van der Waals surface area contributed by atoms with Crippen molar-refractivity contribution in [3.05, 3.63) is 51.6 Å². The lowest BCUT2D eigenvalue weighted by molar-refractivity contribution is 0.572. The highest BCUT2D eigenvalue weighted by atomic mass is 16.1. The number of rotatable bonds is 2. The summed E-state index contributed by atoms with van der Waals surface area (Å²) >= 11 is 0. The number of aromatic nitrogens is 3. The molecule has 0 aromatic carbocycles. The highest BCUT2D eigenvalue weighted by molar-refractivity contribution is 5.44. The summed E-state index contributed by atoms with van der Waals surface area (Å²) in [4.78, 5) is 18.3. The molecule has 0 N–H and O–H groups in total. The minimum Gasteiger partial charge on any atom is -0.352 e. The van der Waals surface area contributed by atoms with Crippen LogP contribution in [0.5, 0.6) is 0 Å². The molecule has 6 nitrogen and oxygen atoms in total. The molecule has 0 bridgehead atoms. The van der Waals surface area contributed by atoms with Crippen LogP contribution >= 0.6 is 0 Å². The van der Waals surface area contributed by atoms with Crippen molar-refractivity contribution < 1.29 is 0 Å². The Bertz CT molecular complexity index is 757. The van der Waals surface area contributed by atoms with E-state index in [9.17, 15) is 4.79 Å². The summed E-state index contributed by atoms with van der Waals surface area (Å²) in [6.45, 7) is 3.94. The Morgan fingerprint density at radius 2 is 2.29 bits per heavy atom. The van der Waals surface area contributed by atoms with Crippen LogP contribution in [0.4, 0.5) is 5.82 Å². The number of nitriles is 1. The van der Waals surface area contributed by atoms with Crippen molar-refractivity contribution in [2.24, 2.45) is 0 Å². The largest absolute Gasteiger partial charge is 0.352 e. The first-order chi connectivity index (χ1) is 10.2. The molecule has 21 heavy (non-hydrogen) atoms.